The molecule has 2 fully saturated rings. The highest BCUT2D eigenvalue weighted by atomic mass is 16.5. The number of benzene rings is 1. The Labute approximate surface area is 156 Å². The molecule has 0 amide bonds. The Hall–Kier alpha value is -1.54. The molecule has 0 spiro atoms. The van der Waals surface area contributed by atoms with Crippen LogP contribution >= 0.6 is 0 Å². The number of morpholine rings is 1. The average Bonchev–Trinajstić information content (AvgIpc) is 2.62. The predicted molar refractivity (Wildman–Crippen MR) is 101 cm³/mol. The number of hydrogen-bond acceptors (Lipinski definition) is 4. The second-order valence-electron chi connectivity index (χ2n) is 8.35. The van der Waals surface area contributed by atoms with Gasteiger partial charge in [-0.2, -0.15) is 0 Å². The van der Waals surface area contributed by atoms with Crippen LogP contribution in [0.25, 0.3) is 0 Å². The van der Waals surface area contributed by atoms with Crippen LogP contribution < -0.4 is 4.74 Å². The molecule has 1 aromatic rings. The first-order chi connectivity index (χ1) is 12.5. The zero-order valence-electron chi connectivity index (χ0n) is 16.1. The maximum absolute atomic E-state index is 6.63. The van der Waals surface area contributed by atoms with Crippen LogP contribution in [0, 0.1) is 17.8 Å². The van der Waals surface area contributed by atoms with Crippen LogP contribution in [0.5, 0.6) is 5.75 Å². The van der Waals surface area contributed by atoms with Gasteiger partial charge in [-0.25, -0.2) is 0 Å². The molecule has 4 rings (SSSR count). The van der Waals surface area contributed by atoms with Crippen molar-refractivity contribution in [1.29, 1.82) is 0 Å². The normalized spacial score (nSPS) is 33.2. The molecular formula is C22H29NO3. The van der Waals surface area contributed by atoms with E-state index in [2.05, 4.69) is 49.6 Å². The third kappa shape index (κ3) is 3.49. The molecule has 26 heavy (non-hydrogen) atoms. The van der Waals surface area contributed by atoms with Crippen LogP contribution in [0.1, 0.15) is 45.3 Å². The van der Waals surface area contributed by atoms with Crippen molar-refractivity contribution < 1.29 is 14.2 Å². The van der Waals surface area contributed by atoms with Crippen molar-refractivity contribution in [2.45, 2.75) is 50.9 Å². The third-order valence-electron chi connectivity index (χ3n) is 5.94. The molecule has 4 nitrogen and oxygen atoms in total. The lowest BCUT2D eigenvalue weighted by Gasteiger charge is -2.50. The van der Waals surface area contributed by atoms with E-state index >= 15 is 0 Å². The SMILES string of the molecule is CC1(C#CCN2CCOCC2)CCC2C(O1)c1ccccc1OC2(C)C. The van der Waals surface area contributed by atoms with Crippen LogP contribution in [-0.4, -0.2) is 49.0 Å². The van der Waals surface area contributed by atoms with Gasteiger partial charge in [0.25, 0.3) is 0 Å². The standard InChI is InChI=1S/C22H29NO3/c1-21(2)18-9-11-22(3,10-6-12-23-13-15-24-16-14-23)26-20(18)17-7-4-5-8-19(17)25-21/h4-5,7-8,18,20H,9,11-16H2,1-3H3. The molecular weight excluding hydrogens is 326 g/mol. The summed E-state index contributed by atoms with van der Waals surface area (Å²) in [5.41, 5.74) is 0.549. The van der Waals surface area contributed by atoms with Gasteiger partial charge in [-0.05, 0) is 39.7 Å². The molecule has 3 heterocycles. The van der Waals surface area contributed by atoms with Gasteiger partial charge in [0.2, 0.25) is 0 Å². The number of ether oxygens (including phenoxy) is 3. The van der Waals surface area contributed by atoms with Crippen molar-refractivity contribution in [1.82, 2.24) is 4.90 Å². The van der Waals surface area contributed by atoms with Gasteiger partial charge in [0.1, 0.15) is 17.0 Å². The molecule has 3 unspecified atom stereocenters. The number of fused-ring (bicyclic) bond motifs is 3. The third-order valence-corrected chi connectivity index (χ3v) is 5.94. The molecule has 0 aliphatic carbocycles. The summed E-state index contributed by atoms with van der Waals surface area (Å²) in [5.74, 6) is 8.11. The van der Waals surface area contributed by atoms with Crippen molar-refractivity contribution in [3.63, 3.8) is 0 Å². The molecule has 4 heteroatoms. The topological polar surface area (TPSA) is 30.9 Å². The van der Waals surface area contributed by atoms with E-state index in [1.165, 1.54) is 0 Å². The van der Waals surface area contributed by atoms with Crippen LogP contribution in [0.4, 0.5) is 0 Å². The number of rotatable bonds is 1. The van der Waals surface area contributed by atoms with E-state index < -0.39 is 5.60 Å². The van der Waals surface area contributed by atoms with Crippen molar-refractivity contribution in [3.05, 3.63) is 29.8 Å². The summed E-state index contributed by atoms with van der Waals surface area (Å²) >= 11 is 0. The Kier molecular flexibility index (Phi) is 4.73. The van der Waals surface area contributed by atoms with E-state index in [1.54, 1.807) is 0 Å². The molecule has 3 aliphatic rings. The molecule has 2 saturated heterocycles. The minimum Gasteiger partial charge on any atom is -0.487 e. The summed E-state index contributed by atoms with van der Waals surface area (Å²) in [7, 11) is 0. The van der Waals surface area contributed by atoms with Crippen LogP contribution in [-0.2, 0) is 9.47 Å². The average molecular weight is 355 g/mol. The van der Waals surface area contributed by atoms with Gasteiger partial charge in [-0.3, -0.25) is 4.90 Å². The second kappa shape index (κ2) is 6.88. The Bertz CT molecular complexity index is 714. The summed E-state index contributed by atoms with van der Waals surface area (Å²) in [6.07, 6.45) is 2.06. The van der Waals surface area contributed by atoms with Gasteiger partial charge in [-0.15, -0.1) is 0 Å². The van der Waals surface area contributed by atoms with E-state index in [-0.39, 0.29) is 11.7 Å². The lowest BCUT2D eigenvalue weighted by atomic mass is 9.73. The maximum atomic E-state index is 6.63. The van der Waals surface area contributed by atoms with E-state index in [1.807, 2.05) is 12.1 Å². The van der Waals surface area contributed by atoms with Gasteiger partial charge in [0.15, 0.2) is 0 Å². The van der Waals surface area contributed by atoms with Crippen molar-refractivity contribution in [3.8, 4) is 17.6 Å². The monoisotopic (exact) mass is 355 g/mol. The van der Waals surface area contributed by atoms with E-state index in [9.17, 15) is 0 Å². The highest BCUT2D eigenvalue weighted by Crippen LogP contribution is 2.52. The van der Waals surface area contributed by atoms with Gasteiger partial charge in [-0.1, -0.05) is 30.0 Å². The minimum absolute atomic E-state index is 0.0476. The van der Waals surface area contributed by atoms with Gasteiger partial charge in [0.05, 0.1) is 25.9 Å². The van der Waals surface area contributed by atoms with Crippen molar-refractivity contribution >= 4 is 0 Å². The fourth-order valence-corrected chi connectivity index (χ4v) is 4.35. The minimum atomic E-state index is -0.395. The van der Waals surface area contributed by atoms with Crippen molar-refractivity contribution in [2.24, 2.45) is 5.92 Å². The lowest BCUT2D eigenvalue weighted by Crippen LogP contribution is -2.50. The zero-order chi connectivity index (χ0) is 18.2. The quantitative estimate of drug-likeness (QED) is 0.723. The van der Waals surface area contributed by atoms with E-state index in [4.69, 9.17) is 14.2 Å². The van der Waals surface area contributed by atoms with Crippen LogP contribution in [0.2, 0.25) is 0 Å². The molecule has 3 atom stereocenters. The molecule has 140 valence electrons. The number of nitrogens with zero attached hydrogens (tertiary/aromatic N) is 1. The van der Waals surface area contributed by atoms with Gasteiger partial charge >= 0.3 is 0 Å². The van der Waals surface area contributed by atoms with Crippen LogP contribution in [0.3, 0.4) is 0 Å². The molecule has 0 aromatic heterocycles. The lowest BCUT2D eigenvalue weighted by molar-refractivity contribution is -0.169. The summed E-state index contributed by atoms with van der Waals surface area (Å²) < 4.78 is 18.3. The van der Waals surface area contributed by atoms with E-state index in [0.29, 0.717) is 5.92 Å². The highest BCUT2D eigenvalue weighted by Gasteiger charge is 2.49. The molecule has 0 radical (unpaired) electrons. The fraction of sp³-hybridized carbons (Fsp3) is 0.636. The second-order valence-corrected chi connectivity index (χ2v) is 8.35. The van der Waals surface area contributed by atoms with Gasteiger partial charge in [0, 0.05) is 24.6 Å². The Morgan fingerprint density at radius 3 is 2.73 bits per heavy atom. The maximum Gasteiger partial charge on any atom is 0.126 e. The predicted octanol–water partition coefficient (Wildman–Crippen LogP) is 3.42. The first-order valence-corrected chi connectivity index (χ1v) is 9.73. The fourth-order valence-electron chi connectivity index (χ4n) is 4.35. The summed E-state index contributed by atoms with van der Waals surface area (Å²) in [5, 5.41) is 0. The van der Waals surface area contributed by atoms with Crippen LogP contribution in [0.15, 0.2) is 24.3 Å². The molecule has 0 bridgehead atoms. The van der Waals surface area contributed by atoms with Gasteiger partial charge < -0.3 is 14.2 Å². The van der Waals surface area contributed by atoms with E-state index in [0.717, 1.165) is 57.0 Å². The molecule has 1 aromatic carbocycles. The van der Waals surface area contributed by atoms with Crippen molar-refractivity contribution in [2.75, 3.05) is 32.8 Å². The smallest absolute Gasteiger partial charge is 0.126 e. The largest absolute Gasteiger partial charge is 0.487 e. The Balaban J connectivity index is 1.52. The zero-order valence-corrected chi connectivity index (χ0v) is 16.1. The molecule has 0 N–H and O–H groups in total. The molecule has 0 saturated carbocycles. The first kappa shape index (κ1) is 17.9. The Morgan fingerprint density at radius 1 is 1.15 bits per heavy atom. The molecule has 3 aliphatic heterocycles. The highest BCUT2D eigenvalue weighted by molar-refractivity contribution is 5.39. The number of para-hydroxylation sites is 1. The Morgan fingerprint density at radius 2 is 1.92 bits per heavy atom. The first-order valence-electron chi connectivity index (χ1n) is 9.73. The number of hydrogen-bond donors (Lipinski definition) is 0. The summed E-state index contributed by atoms with van der Waals surface area (Å²) in [6.45, 7) is 10.8. The summed E-state index contributed by atoms with van der Waals surface area (Å²) in [4.78, 5) is 2.35. The summed E-state index contributed by atoms with van der Waals surface area (Å²) in [6, 6.07) is 8.28.